The van der Waals surface area contributed by atoms with Crippen molar-refractivity contribution in [2.45, 2.75) is 0 Å². The van der Waals surface area contributed by atoms with Crippen LogP contribution in [0, 0.1) is 5.82 Å². The van der Waals surface area contributed by atoms with Crippen LogP contribution in [0.3, 0.4) is 0 Å². The molecular weight excluding hydrogens is 203 g/mol. The molecule has 0 amide bonds. The molecule has 0 aliphatic carbocycles. The molecule has 16 heavy (non-hydrogen) atoms. The maximum Gasteiger partial charge on any atom is 0.135 e. The molecule has 0 aliphatic heterocycles. The fourth-order valence-electron chi connectivity index (χ4n) is 1.76. The Bertz CT molecular complexity index is 626. The molecule has 3 rings (SSSR count). The van der Waals surface area contributed by atoms with E-state index < -0.39 is 0 Å². The van der Waals surface area contributed by atoms with E-state index in [1.54, 1.807) is 6.07 Å². The van der Waals surface area contributed by atoms with Crippen molar-refractivity contribution in [2.75, 3.05) is 0 Å². The number of furan rings is 1. The Kier molecular flexibility index (Phi) is 2.00. The second-order valence-electron chi connectivity index (χ2n) is 3.66. The van der Waals surface area contributed by atoms with Gasteiger partial charge in [-0.3, -0.25) is 0 Å². The van der Waals surface area contributed by atoms with E-state index in [1.807, 2.05) is 36.4 Å². The highest BCUT2D eigenvalue weighted by molar-refractivity contribution is 5.82. The Morgan fingerprint density at radius 1 is 0.875 bits per heavy atom. The summed E-state index contributed by atoms with van der Waals surface area (Å²) < 4.78 is 18.6. The van der Waals surface area contributed by atoms with Gasteiger partial charge in [-0.15, -0.1) is 0 Å². The zero-order valence-electron chi connectivity index (χ0n) is 8.48. The Hall–Kier alpha value is -2.09. The van der Waals surface area contributed by atoms with Crippen molar-refractivity contribution in [2.24, 2.45) is 0 Å². The van der Waals surface area contributed by atoms with Gasteiger partial charge in [0.1, 0.15) is 17.2 Å². The van der Waals surface area contributed by atoms with E-state index in [-0.39, 0.29) is 5.82 Å². The third-order valence-corrected chi connectivity index (χ3v) is 2.54. The molecule has 0 radical (unpaired) electrons. The van der Waals surface area contributed by atoms with E-state index >= 15 is 0 Å². The van der Waals surface area contributed by atoms with Crippen LogP contribution in [0.4, 0.5) is 4.39 Å². The molecule has 1 heterocycles. The molecule has 78 valence electrons. The minimum absolute atomic E-state index is 0.243. The van der Waals surface area contributed by atoms with Crippen LogP contribution in [0.5, 0.6) is 0 Å². The maximum atomic E-state index is 13.0. The first kappa shape index (κ1) is 9.16. The molecule has 2 heteroatoms. The monoisotopic (exact) mass is 212 g/mol. The minimum Gasteiger partial charge on any atom is -0.456 e. The van der Waals surface area contributed by atoms with Crippen molar-refractivity contribution in [3.05, 3.63) is 60.4 Å². The third-order valence-electron chi connectivity index (χ3n) is 2.54. The lowest BCUT2D eigenvalue weighted by Gasteiger charge is -1.93. The largest absolute Gasteiger partial charge is 0.456 e. The Morgan fingerprint density at radius 2 is 1.69 bits per heavy atom. The van der Waals surface area contributed by atoms with Crippen LogP contribution in [0.25, 0.3) is 22.3 Å². The number of fused-ring (bicyclic) bond motifs is 1. The molecule has 0 N–H and O–H groups in total. The fraction of sp³-hybridized carbons (Fsp3) is 0. The average molecular weight is 212 g/mol. The molecule has 0 saturated heterocycles. The van der Waals surface area contributed by atoms with Crippen molar-refractivity contribution < 1.29 is 8.81 Å². The van der Waals surface area contributed by atoms with Crippen molar-refractivity contribution in [1.29, 1.82) is 0 Å². The van der Waals surface area contributed by atoms with E-state index in [0.717, 1.165) is 16.7 Å². The van der Waals surface area contributed by atoms with Crippen molar-refractivity contribution in [1.82, 2.24) is 0 Å². The SMILES string of the molecule is Fc1ccc2oc(-c3ccccc3)cc2c1. The van der Waals surface area contributed by atoms with Gasteiger partial charge in [0, 0.05) is 10.9 Å². The van der Waals surface area contributed by atoms with E-state index in [1.165, 1.54) is 12.1 Å². The third kappa shape index (κ3) is 1.48. The number of halogens is 1. The van der Waals surface area contributed by atoms with Crippen molar-refractivity contribution in [3.8, 4) is 11.3 Å². The van der Waals surface area contributed by atoms with Gasteiger partial charge in [0.2, 0.25) is 0 Å². The topological polar surface area (TPSA) is 13.1 Å². The summed E-state index contributed by atoms with van der Waals surface area (Å²) in [7, 11) is 0. The van der Waals surface area contributed by atoms with Gasteiger partial charge in [0.25, 0.3) is 0 Å². The van der Waals surface area contributed by atoms with E-state index in [9.17, 15) is 4.39 Å². The molecule has 0 unspecified atom stereocenters. The summed E-state index contributed by atoms with van der Waals surface area (Å²) in [5, 5.41) is 0.791. The van der Waals surface area contributed by atoms with Crippen LogP contribution in [-0.2, 0) is 0 Å². The van der Waals surface area contributed by atoms with Crippen molar-refractivity contribution >= 4 is 11.0 Å². The molecule has 0 atom stereocenters. The van der Waals surface area contributed by atoms with Gasteiger partial charge in [0.05, 0.1) is 0 Å². The highest BCUT2D eigenvalue weighted by atomic mass is 19.1. The summed E-state index contributed by atoms with van der Waals surface area (Å²) in [5.41, 5.74) is 1.71. The van der Waals surface area contributed by atoms with Gasteiger partial charge in [-0.25, -0.2) is 4.39 Å². The molecule has 2 aromatic carbocycles. The standard InChI is InChI=1S/C14H9FO/c15-12-6-7-13-11(8-12)9-14(16-13)10-4-2-1-3-5-10/h1-9H. The van der Waals surface area contributed by atoms with Gasteiger partial charge in [-0.05, 0) is 24.3 Å². The van der Waals surface area contributed by atoms with Crippen LogP contribution < -0.4 is 0 Å². The molecule has 1 aromatic heterocycles. The molecule has 3 aromatic rings. The van der Waals surface area contributed by atoms with Gasteiger partial charge in [0.15, 0.2) is 0 Å². The van der Waals surface area contributed by atoms with Crippen LogP contribution in [0.2, 0.25) is 0 Å². The molecule has 1 nitrogen and oxygen atoms in total. The first-order chi connectivity index (χ1) is 7.83. The number of hydrogen-bond acceptors (Lipinski definition) is 1. The van der Waals surface area contributed by atoms with Crippen LogP contribution in [-0.4, -0.2) is 0 Å². The van der Waals surface area contributed by atoms with E-state index in [4.69, 9.17) is 4.42 Å². The first-order valence-corrected chi connectivity index (χ1v) is 5.07. The zero-order valence-corrected chi connectivity index (χ0v) is 8.48. The fourth-order valence-corrected chi connectivity index (χ4v) is 1.76. The quantitative estimate of drug-likeness (QED) is 0.588. The highest BCUT2D eigenvalue weighted by Crippen LogP contribution is 2.27. The Balaban J connectivity index is 2.19. The van der Waals surface area contributed by atoms with Gasteiger partial charge in [-0.1, -0.05) is 30.3 Å². The molecule has 0 spiro atoms. The minimum atomic E-state index is -0.243. The Morgan fingerprint density at radius 3 is 2.50 bits per heavy atom. The second-order valence-corrected chi connectivity index (χ2v) is 3.66. The number of benzene rings is 2. The molecule has 0 bridgehead atoms. The predicted octanol–water partition coefficient (Wildman–Crippen LogP) is 4.24. The predicted molar refractivity (Wildman–Crippen MR) is 61.6 cm³/mol. The van der Waals surface area contributed by atoms with Gasteiger partial charge >= 0.3 is 0 Å². The maximum absolute atomic E-state index is 13.0. The van der Waals surface area contributed by atoms with E-state index in [2.05, 4.69) is 0 Å². The Labute approximate surface area is 92.1 Å². The lowest BCUT2D eigenvalue weighted by Crippen LogP contribution is -1.69. The van der Waals surface area contributed by atoms with Crippen LogP contribution in [0.1, 0.15) is 0 Å². The zero-order chi connectivity index (χ0) is 11.0. The number of hydrogen-bond donors (Lipinski definition) is 0. The smallest absolute Gasteiger partial charge is 0.135 e. The second kappa shape index (κ2) is 3.49. The van der Waals surface area contributed by atoms with E-state index in [0.29, 0.717) is 5.58 Å². The van der Waals surface area contributed by atoms with Crippen LogP contribution >= 0.6 is 0 Å². The summed E-state index contributed by atoms with van der Waals surface area (Å²) in [6.07, 6.45) is 0. The average Bonchev–Trinajstić information content (AvgIpc) is 2.73. The van der Waals surface area contributed by atoms with Crippen LogP contribution in [0.15, 0.2) is 59.0 Å². The summed E-state index contributed by atoms with van der Waals surface area (Å²) in [6.45, 7) is 0. The molecule has 0 fully saturated rings. The lowest BCUT2D eigenvalue weighted by molar-refractivity contribution is 0.619. The molecule has 0 saturated carbocycles. The summed E-state index contributed by atoms with van der Waals surface area (Å²) in [5.74, 6) is 0.522. The van der Waals surface area contributed by atoms with Gasteiger partial charge in [-0.2, -0.15) is 0 Å². The highest BCUT2D eigenvalue weighted by Gasteiger charge is 2.05. The number of rotatable bonds is 1. The summed E-state index contributed by atoms with van der Waals surface area (Å²) in [4.78, 5) is 0. The normalized spacial score (nSPS) is 10.8. The molecule has 0 aliphatic rings. The first-order valence-electron chi connectivity index (χ1n) is 5.07. The summed E-state index contributed by atoms with van der Waals surface area (Å²) in [6, 6.07) is 16.2. The van der Waals surface area contributed by atoms with Crippen molar-refractivity contribution in [3.63, 3.8) is 0 Å². The van der Waals surface area contributed by atoms with Gasteiger partial charge < -0.3 is 4.42 Å². The summed E-state index contributed by atoms with van der Waals surface area (Å²) >= 11 is 0. The molecular formula is C14H9FO. The lowest BCUT2D eigenvalue weighted by atomic mass is 10.1.